The molecule has 0 fully saturated rings. The average molecular weight is 313 g/mol. The van der Waals surface area contributed by atoms with Crippen LogP contribution in [0.25, 0.3) is 11.3 Å². The highest BCUT2D eigenvalue weighted by Gasteiger charge is 2.23. The third-order valence-electron chi connectivity index (χ3n) is 2.98. The van der Waals surface area contributed by atoms with E-state index in [-0.39, 0.29) is 0 Å². The number of hydrogen-bond acceptors (Lipinski definition) is 3. The number of carbonyl (C=O) groups is 1. The lowest BCUT2D eigenvalue weighted by atomic mass is 10.1. The van der Waals surface area contributed by atoms with E-state index in [0.717, 1.165) is 0 Å². The molecular weight excluding hydrogens is 299 g/mol. The van der Waals surface area contributed by atoms with E-state index in [9.17, 15) is 4.79 Å². The van der Waals surface area contributed by atoms with Crippen molar-refractivity contribution < 1.29 is 13.9 Å². The van der Waals surface area contributed by atoms with Gasteiger partial charge in [-0.25, -0.2) is 4.79 Å². The third-order valence-corrected chi connectivity index (χ3v) is 3.54. The molecule has 106 valence electrons. The monoisotopic (exact) mass is 312 g/mol. The molecule has 0 N–H and O–H groups in total. The van der Waals surface area contributed by atoms with Crippen LogP contribution in [0, 0.1) is 13.8 Å². The molecule has 0 aliphatic carbocycles. The molecule has 0 bridgehead atoms. The van der Waals surface area contributed by atoms with E-state index in [0.29, 0.717) is 44.9 Å². The van der Waals surface area contributed by atoms with Gasteiger partial charge in [-0.15, -0.1) is 0 Å². The fraction of sp³-hybridized carbons (Fsp3) is 0.267. The van der Waals surface area contributed by atoms with Crippen molar-refractivity contribution in [2.75, 3.05) is 6.61 Å². The Morgan fingerprint density at radius 1 is 1.30 bits per heavy atom. The van der Waals surface area contributed by atoms with Crippen molar-refractivity contribution in [2.45, 2.75) is 20.8 Å². The number of aryl methyl sites for hydroxylation is 1. The molecule has 3 nitrogen and oxygen atoms in total. The minimum Gasteiger partial charge on any atom is -0.462 e. The normalized spacial score (nSPS) is 10.7. The lowest BCUT2D eigenvalue weighted by Crippen LogP contribution is -2.06. The van der Waals surface area contributed by atoms with Gasteiger partial charge in [0.25, 0.3) is 0 Å². The smallest absolute Gasteiger partial charge is 0.341 e. The molecule has 5 heteroatoms. The second kappa shape index (κ2) is 5.90. The van der Waals surface area contributed by atoms with Gasteiger partial charge in [0.2, 0.25) is 0 Å². The zero-order chi connectivity index (χ0) is 14.9. The quantitative estimate of drug-likeness (QED) is 0.745. The lowest BCUT2D eigenvalue weighted by Gasteiger charge is -2.04. The largest absolute Gasteiger partial charge is 0.462 e. The summed E-state index contributed by atoms with van der Waals surface area (Å²) in [6.45, 7) is 5.60. The first-order valence-corrected chi connectivity index (χ1v) is 6.93. The number of furan rings is 1. The van der Waals surface area contributed by atoms with Crippen LogP contribution < -0.4 is 0 Å². The molecule has 2 rings (SSSR count). The van der Waals surface area contributed by atoms with E-state index in [1.165, 1.54) is 0 Å². The molecule has 20 heavy (non-hydrogen) atoms. The van der Waals surface area contributed by atoms with E-state index in [4.69, 9.17) is 32.4 Å². The molecule has 0 aliphatic heterocycles. The predicted octanol–water partition coefficient (Wildman–Crippen LogP) is 5.05. The van der Waals surface area contributed by atoms with E-state index in [1.54, 1.807) is 39.0 Å². The maximum atomic E-state index is 11.9. The molecule has 0 aliphatic rings. The molecule has 0 radical (unpaired) electrons. The minimum atomic E-state index is -0.393. The van der Waals surface area contributed by atoms with Crippen LogP contribution in [-0.2, 0) is 4.74 Å². The third kappa shape index (κ3) is 2.69. The van der Waals surface area contributed by atoms with Crippen LogP contribution in [-0.4, -0.2) is 12.6 Å². The Hall–Kier alpha value is -1.45. The van der Waals surface area contributed by atoms with Crippen LogP contribution in [0.15, 0.2) is 22.6 Å². The van der Waals surface area contributed by atoms with Crippen LogP contribution >= 0.6 is 23.2 Å². The summed E-state index contributed by atoms with van der Waals surface area (Å²) in [4.78, 5) is 11.9. The van der Waals surface area contributed by atoms with Gasteiger partial charge in [0, 0.05) is 16.1 Å². The standard InChI is InChI=1S/C15H14Cl2O3/c1-4-19-15(18)13-8(2)14(20-9(13)3)11-7-10(16)5-6-12(11)17/h5-7H,4H2,1-3H3. The van der Waals surface area contributed by atoms with Gasteiger partial charge in [-0.2, -0.15) is 0 Å². The Balaban J connectivity index is 2.57. The Morgan fingerprint density at radius 2 is 2.00 bits per heavy atom. The molecule has 0 amide bonds. The van der Waals surface area contributed by atoms with Crippen molar-refractivity contribution in [1.29, 1.82) is 0 Å². The average Bonchev–Trinajstić information content (AvgIpc) is 2.68. The number of ether oxygens (including phenoxy) is 1. The van der Waals surface area contributed by atoms with E-state index < -0.39 is 5.97 Å². The number of hydrogen-bond donors (Lipinski definition) is 0. The van der Waals surface area contributed by atoms with Crippen molar-refractivity contribution in [1.82, 2.24) is 0 Å². The molecule has 0 saturated heterocycles. The fourth-order valence-corrected chi connectivity index (χ4v) is 2.46. The van der Waals surface area contributed by atoms with Crippen molar-refractivity contribution in [3.8, 4) is 11.3 Å². The highest BCUT2D eigenvalue weighted by molar-refractivity contribution is 6.35. The van der Waals surface area contributed by atoms with Gasteiger partial charge in [0.05, 0.1) is 11.6 Å². The predicted molar refractivity (Wildman–Crippen MR) is 79.6 cm³/mol. The van der Waals surface area contributed by atoms with Gasteiger partial charge in [0.15, 0.2) is 0 Å². The summed E-state index contributed by atoms with van der Waals surface area (Å²) < 4.78 is 10.7. The summed E-state index contributed by atoms with van der Waals surface area (Å²) in [7, 11) is 0. The molecule has 2 aromatic rings. The number of esters is 1. The Morgan fingerprint density at radius 3 is 2.65 bits per heavy atom. The van der Waals surface area contributed by atoms with Crippen LogP contribution in [0.1, 0.15) is 28.6 Å². The number of benzene rings is 1. The van der Waals surface area contributed by atoms with Gasteiger partial charge >= 0.3 is 5.97 Å². The first-order chi connectivity index (χ1) is 9.45. The number of carbonyl (C=O) groups excluding carboxylic acids is 1. The first-order valence-electron chi connectivity index (χ1n) is 6.18. The first kappa shape index (κ1) is 14.9. The van der Waals surface area contributed by atoms with Crippen molar-refractivity contribution >= 4 is 29.2 Å². The summed E-state index contributed by atoms with van der Waals surface area (Å²) in [5, 5.41) is 1.07. The zero-order valence-corrected chi connectivity index (χ0v) is 12.9. The molecular formula is C15H14Cl2O3. The highest BCUT2D eigenvalue weighted by Crippen LogP contribution is 2.36. The molecule has 0 atom stereocenters. The number of halogens is 2. The van der Waals surface area contributed by atoms with Gasteiger partial charge in [-0.3, -0.25) is 0 Å². The maximum absolute atomic E-state index is 11.9. The molecule has 1 aromatic carbocycles. The van der Waals surface area contributed by atoms with Crippen molar-refractivity contribution in [3.05, 3.63) is 45.1 Å². The van der Waals surface area contributed by atoms with Crippen LogP contribution in [0.2, 0.25) is 10.0 Å². The van der Waals surface area contributed by atoms with E-state index in [2.05, 4.69) is 0 Å². The topological polar surface area (TPSA) is 39.4 Å². The van der Waals surface area contributed by atoms with Crippen LogP contribution in [0.3, 0.4) is 0 Å². The van der Waals surface area contributed by atoms with Crippen LogP contribution in [0.4, 0.5) is 0 Å². The number of rotatable bonds is 3. The Kier molecular flexibility index (Phi) is 4.41. The molecule has 0 unspecified atom stereocenters. The molecule has 1 aromatic heterocycles. The maximum Gasteiger partial charge on any atom is 0.341 e. The summed E-state index contributed by atoms with van der Waals surface area (Å²) in [5.41, 5.74) is 1.80. The van der Waals surface area contributed by atoms with Gasteiger partial charge < -0.3 is 9.15 Å². The highest BCUT2D eigenvalue weighted by atomic mass is 35.5. The minimum absolute atomic E-state index is 0.316. The second-order valence-electron chi connectivity index (χ2n) is 4.33. The second-order valence-corrected chi connectivity index (χ2v) is 5.18. The van der Waals surface area contributed by atoms with Gasteiger partial charge in [0.1, 0.15) is 17.1 Å². The van der Waals surface area contributed by atoms with Crippen LogP contribution in [0.5, 0.6) is 0 Å². The summed E-state index contributed by atoms with van der Waals surface area (Å²) in [5.74, 6) is 0.653. The molecule has 1 heterocycles. The lowest BCUT2D eigenvalue weighted by molar-refractivity contribution is 0.0523. The van der Waals surface area contributed by atoms with E-state index in [1.807, 2.05) is 0 Å². The summed E-state index contributed by atoms with van der Waals surface area (Å²) >= 11 is 12.2. The Labute approximate surface area is 127 Å². The molecule has 0 saturated carbocycles. The van der Waals surface area contributed by atoms with Gasteiger partial charge in [-0.1, -0.05) is 23.2 Å². The van der Waals surface area contributed by atoms with Crippen molar-refractivity contribution in [3.63, 3.8) is 0 Å². The molecule has 0 spiro atoms. The SMILES string of the molecule is CCOC(=O)c1c(C)oc(-c2cc(Cl)ccc2Cl)c1C. The van der Waals surface area contributed by atoms with Crippen molar-refractivity contribution in [2.24, 2.45) is 0 Å². The summed E-state index contributed by atoms with van der Waals surface area (Å²) in [6, 6.07) is 5.11. The Bertz CT molecular complexity index is 659. The van der Waals surface area contributed by atoms with E-state index >= 15 is 0 Å². The van der Waals surface area contributed by atoms with Gasteiger partial charge in [-0.05, 0) is 39.0 Å². The zero-order valence-electron chi connectivity index (χ0n) is 11.4. The fourth-order valence-electron chi connectivity index (χ4n) is 2.09. The summed E-state index contributed by atoms with van der Waals surface area (Å²) in [6.07, 6.45) is 0.